The summed E-state index contributed by atoms with van der Waals surface area (Å²) in [7, 11) is 2.78. The summed E-state index contributed by atoms with van der Waals surface area (Å²) in [6.45, 7) is 5.85. The summed E-state index contributed by atoms with van der Waals surface area (Å²) in [4.78, 5) is 28.4. The van der Waals surface area contributed by atoms with E-state index in [4.69, 9.17) is 0 Å². The van der Waals surface area contributed by atoms with Gasteiger partial charge in [-0.3, -0.25) is 18.9 Å². The molecule has 23 heavy (non-hydrogen) atoms. The number of benzene rings is 1. The molecule has 0 aliphatic rings. The molecule has 0 radical (unpaired) electrons. The highest BCUT2D eigenvalue weighted by molar-refractivity contribution is 6.01. The van der Waals surface area contributed by atoms with Crippen molar-refractivity contribution >= 4 is 11.4 Å². The maximum Gasteiger partial charge on any atom is 0.333 e. The molecule has 0 aliphatic carbocycles. The molecule has 2 aromatic rings. The molecule has 2 rings (SSSR count). The molecule has 0 saturated carbocycles. The van der Waals surface area contributed by atoms with Crippen LogP contribution in [0.5, 0.6) is 5.88 Å². The van der Waals surface area contributed by atoms with Crippen molar-refractivity contribution in [3.05, 3.63) is 56.2 Å². The van der Waals surface area contributed by atoms with Crippen LogP contribution in [0.1, 0.15) is 37.8 Å². The highest BCUT2D eigenvalue weighted by atomic mass is 16.3. The van der Waals surface area contributed by atoms with Crippen molar-refractivity contribution in [1.82, 2.24) is 9.13 Å². The number of aromatic hydroxyl groups is 1. The summed E-state index contributed by atoms with van der Waals surface area (Å²) in [5.41, 5.74) is 1.12. The zero-order valence-electron chi connectivity index (χ0n) is 14.0. The fraction of sp³-hybridized carbons (Fsp3) is 0.353. The second kappa shape index (κ2) is 6.24. The average Bonchev–Trinajstić information content (AvgIpc) is 2.51. The minimum atomic E-state index is -0.578. The van der Waals surface area contributed by atoms with Gasteiger partial charge in [0, 0.05) is 14.1 Å². The molecule has 1 aromatic heterocycles. The first-order valence-corrected chi connectivity index (χ1v) is 7.38. The summed E-state index contributed by atoms with van der Waals surface area (Å²) in [5, 5.41) is 10.1. The van der Waals surface area contributed by atoms with Gasteiger partial charge in [0.1, 0.15) is 5.56 Å². The quantitative estimate of drug-likeness (QED) is 0.881. The van der Waals surface area contributed by atoms with E-state index in [0.717, 1.165) is 9.13 Å². The lowest BCUT2D eigenvalue weighted by Crippen LogP contribution is -2.39. The van der Waals surface area contributed by atoms with Crippen LogP contribution in [-0.2, 0) is 14.1 Å². The van der Waals surface area contributed by atoms with Gasteiger partial charge < -0.3 is 5.11 Å². The Bertz CT molecular complexity index is 872. The Morgan fingerprint density at radius 2 is 1.65 bits per heavy atom. The van der Waals surface area contributed by atoms with E-state index in [-0.39, 0.29) is 11.4 Å². The van der Waals surface area contributed by atoms with Crippen LogP contribution < -0.4 is 11.2 Å². The third-order valence-electron chi connectivity index (χ3n) is 3.85. The molecule has 6 nitrogen and oxygen atoms in total. The normalized spacial score (nSPS) is 12.0. The van der Waals surface area contributed by atoms with Gasteiger partial charge in [-0.15, -0.1) is 0 Å². The van der Waals surface area contributed by atoms with Crippen LogP contribution in [0, 0.1) is 0 Å². The second-order valence-corrected chi connectivity index (χ2v) is 5.85. The predicted molar refractivity (Wildman–Crippen MR) is 91.0 cm³/mol. The molecule has 0 aliphatic heterocycles. The lowest BCUT2D eigenvalue weighted by atomic mass is 10.0. The van der Waals surface area contributed by atoms with E-state index in [1.165, 1.54) is 19.7 Å². The lowest BCUT2D eigenvalue weighted by molar-refractivity contribution is 0.410. The minimum Gasteiger partial charge on any atom is -0.494 e. The summed E-state index contributed by atoms with van der Waals surface area (Å²) in [5.74, 6) is 0.0484. The maximum atomic E-state index is 12.2. The van der Waals surface area contributed by atoms with Crippen molar-refractivity contribution in [1.29, 1.82) is 0 Å². The van der Waals surface area contributed by atoms with Gasteiger partial charge in [-0.1, -0.05) is 26.0 Å². The molecular weight excluding hydrogens is 294 g/mol. The average molecular weight is 315 g/mol. The van der Waals surface area contributed by atoms with E-state index < -0.39 is 11.2 Å². The van der Waals surface area contributed by atoms with Crippen LogP contribution in [0.2, 0.25) is 0 Å². The van der Waals surface area contributed by atoms with Crippen molar-refractivity contribution < 1.29 is 5.11 Å². The highest BCUT2D eigenvalue weighted by Crippen LogP contribution is 2.20. The Morgan fingerprint density at radius 1 is 1.09 bits per heavy atom. The molecule has 6 heteroatoms. The van der Waals surface area contributed by atoms with Gasteiger partial charge >= 0.3 is 5.69 Å². The molecule has 0 saturated heterocycles. The summed E-state index contributed by atoms with van der Waals surface area (Å²) < 4.78 is 1.98. The van der Waals surface area contributed by atoms with Crippen LogP contribution in [0.4, 0.5) is 5.69 Å². The van der Waals surface area contributed by atoms with Gasteiger partial charge in [0.15, 0.2) is 0 Å². The van der Waals surface area contributed by atoms with E-state index in [9.17, 15) is 14.7 Å². The molecule has 0 amide bonds. The Hall–Kier alpha value is -2.63. The number of aromatic nitrogens is 2. The first-order valence-electron chi connectivity index (χ1n) is 7.38. The minimum absolute atomic E-state index is 0.0301. The number of hydrogen-bond donors (Lipinski definition) is 1. The largest absolute Gasteiger partial charge is 0.494 e. The van der Waals surface area contributed by atoms with Gasteiger partial charge in [-0.2, -0.15) is 0 Å². The number of hydrogen-bond acceptors (Lipinski definition) is 4. The number of nitrogens with zero attached hydrogens (tertiary/aromatic N) is 3. The number of aliphatic imine (C=N–C) groups is 1. The topological polar surface area (TPSA) is 76.6 Å². The fourth-order valence-electron chi connectivity index (χ4n) is 2.33. The Balaban J connectivity index is 2.54. The van der Waals surface area contributed by atoms with Gasteiger partial charge in [0.2, 0.25) is 5.88 Å². The van der Waals surface area contributed by atoms with Crippen molar-refractivity contribution in [2.45, 2.75) is 26.7 Å². The molecular formula is C17H21N3O3. The van der Waals surface area contributed by atoms with Crippen LogP contribution >= 0.6 is 0 Å². The highest BCUT2D eigenvalue weighted by Gasteiger charge is 2.17. The van der Waals surface area contributed by atoms with E-state index >= 15 is 0 Å². The monoisotopic (exact) mass is 315 g/mol. The SMILES string of the molecule is CC(=Nc1ccc(C(C)C)cc1)c1c(O)n(C)c(=O)n(C)c1=O. The van der Waals surface area contributed by atoms with Gasteiger partial charge in [0.25, 0.3) is 5.56 Å². The van der Waals surface area contributed by atoms with E-state index in [1.807, 2.05) is 24.3 Å². The Labute approximate surface area is 134 Å². The van der Waals surface area contributed by atoms with Gasteiger partial charge in [-0.05, 0) is 30.5 Å². The first kappa shape index (κ1) is 16.7. The van der Waals surface area contributed by atoms with Crippen molar-refractivity contribution in [2.24, 2.45) is 19.1 Å². The first-order chi connectivity index (χ1) is 10.7. The maximum absolute atomic E-state index is 12.2. The van der Waals surface area contributed by atoms with Crippen LogP contribution in [0.15, 0.2) is 38.8 Å². The van der Waals surface area contributed by atoms with Crippen LogP contribution in [-0.4, -0.2) is 20.0 Å². The lowest BCUT2D eigenvalue weighted by Gasteiger charge is -2.10. The Morgan fingerprint density at radius 3 is 2.17 bits per heavy atom. The molecule has 1 N–H and O–H groups in total. The molecule has 0 bridgehead atoms. The smallest absolute Gasteiger partial charge is 0.333 e. The zero-order valence-corrected chi connectivity index (χ0v) is 14.0. The predicted octanol–water partition coefficient (Wildman–Crippen LogP) is 2.05. The molecule has 1 heterocycles. The number of rotatable bonds is 3. The molecule has 0 atom stereocenters. The van der Waals surface area contributed by atoms with Crippen molar-refractivity contribution in [2.75, 3.05) is 0 Å². The van der Waals surface area contributed by atoms with Crippen molar-refractivity contribution in [3.63, 3.8) is 0 Å². The molecule has 1 aromatic carbocycles. The third-order valence-corrected chi connectivity index (χ3v) is 3.85. The van der Waals surface area contributed by atoms with Gasteiger partial charge in [0.05, 0.1) is 11.4 Å². The molecule has 0 fully saturated rings. The molecule has 0 unspecified atom stereocenters. The zero-order chi connectivity index (χ0) is 17.3. The Kier molecular flexibility index (Phi) is 4.54. The van der Waals surface area contributed by atoms with Crippen LogP contribution in [0.3, 0.4) is 0 Å². The van der Waals surface area contributed by atoms with Crippen LogP contribution in [0.25, 0.3) is 0 Å². The standard InChI is InChI=1S/C17H21N3O3/c1-10(2)12-6-8-13(9-7-12)18-11(3)14-15(21)19(4)17(23)20(5)16(14)22/h6-10,21H,1-5H3. The fourth-order valence-corrected chi connectivity index (χ4v) is 2.33. The van der Waals surface area contributed by atoms with E-state index in [1.54, 1.807) is 6.92 Å². The summed E-state index contributed by atoms with van der Waals surface area (Å²) in [6, 6.07) is 7.69. The van der Waals surface area contributed by atoms with Crippen molar-refractivity contribution in [3.8, 4) is 5.88 Å². The second-order valence-electron chi connectivity index (χ2n) is 5.85. The third kappa shape index (κ3) is 3.11. The molecule has 0 spiro atoms. The van der Waals surface area contributed by atoms with E-state index in [2.05, 4.69) is 18.8 Å². The molecule has 122 valence electrons. The van der Waals surface area contributed by atoms with E-state index in [0.29, 0.717) is 17.3 Å². The summed E-state index contributed by atoms with van der Waals surface area (Å²) >= 11 is 0. The van der Waals surface area contributed by atoms with Gasteiger partial charge in [-0.25, -0.2) is 4.79 Å². The summed E-state index contributed by atoms with van der Waals surface area (Å²) in [6.07, 6.45) is 0.